The Labute approximate surface area is 148 Å². The zero-order chi connectivity index (χ0) is 17.1. The molecular weight excluding hydrogens is 326 g/mol. The molecule has 0 aromatic heterocycles. The van der Waals surface area contributed by atoms with Gasteiger partial charge in [0.05, 0.1) is 5.92 Å². The predicted molar refractivity (Wildman–Crippen MR) is 95.2 cm³/mol. The van der Waals surface area contributed by atoms with Crippen LogP contribution < -0.4 is 4.90 Å². The third-order valence-electron chi connectivity index (χ3n) is 4.98. The van der Waals surface area contributed by atoms with E-state index in [4.69, 9.17) is 11.6 Å². The molecule has 0 aliphatic carbocycles. The fraction of sp³-hybridized carbons (Fsp3) is 0.556. The van der Waals surface area contributed by atoms with E-state index in [1.807, 2.05) is 23.1 Å². The number of piperazine rings is 1. The van der Waals surface area contributed by atoms with Crippen LogP contribution >= 0.6 is 11.6 Å². The first-order valence-electron chi connectivity index (χ1n) is 8.59. The van der Waals surface area contributed by atoms with E-state index in [1.165, 1.54) is 0 Å². The molecule has 2 heterocycles. The number of anilines is 1. The fourth-order valence-corrected chi connectivity index (χ4v) is 3.77. The molecule has 2 aliphatic heterocycles. The number of carbonyl (C=O) groups is 2. The maximum absolute atomic E-state index is 12.8. The number of nitrogens with zero attached hydrogens (tertiary/aromatic N) is 3. The quantitative estimate of drug-likeness (QED) is 0.822. The molecule has 0 N–H and O–H groups in total. The van der Waals surface area contributed by atoms with Crippen molar-refractivity contribution in [2.24, 2.45) is 5.92 Å². The third kappa shape index (κ3) is 3.83. The molecule has 3 rings (SSSR count). The number of piperidine rings is 1. The first-order valence-corrected chi connectivity index (χ1v) is 8.97. The Kier molecular flexibility index (Phi) is 5.29. The van der Waals surface area contributed by atoms with Crippen molar-refractivity contribution in [3.8, 4) is 0 Å². The number of carbonyl (C=O) groups excluding carboxylic acids is 2. The lowest BCUT2D eigenvalue weighted by Gasteiger charge is -2.39. The SMILES string of the molecule is CC(=O)N1CCCC(C(=O)N2CCN(c3cccc(Cl)c3)CC2)C1. The Morgan fingerprint density at radius 2 is 1.83 bits per heavy atom. The van der Waals surface area contributed by atoms with Gasteiger partial charge >= 0.3 is 0 Å². The molecule has 6 heteroatoms. The van der Waals surface area contributed by atoms with Gasteiger partial charge in [0, 0.05) is 56.9 Å². The highest BCUT2D eigenvalue weighted by molar-refractivity contribution is 6.30. The first kappa shape index (κ1) is 17.1. The molecule has 1 atom stereocenters. The number of rotatable bonds is 2. The van der Waals surface area contributed by atoms with E-state index >= 15 is 0 Å². The van der Waals surface area contributed by atoms with Crippen molar-refractivity contribution in [2.45, 2.75) is 19.8 Å². The average molecular weight is 350 g/mol. The van der Waals surface area contributed by atoms with Crippen LogP contribution in [0.15, 0.2) is 24.3 Å². The van der Waals surface area contributed by atoms with Gasteiger partial charge in [-0.15, -0.1) is 0 Å². The Bertz CT molecular complexity index is 614. The number of halogens is 1. The van der Waals surface area contributed by atoms with Crippen LogP contribution in [-0.4, -0.2) is 60.9 Å². The monoisotopic (exact) mass is 349 g/mol. The average Bonchev–Trinajstić information content (AvgIpc) is 2.61. The summed E-state index contributed by atoms with van der Waals surface area (Å²) in [5.74, 6) is 0.227. The molecule has 1 aromatic carbocycles. The van der Waals surface area contributed by atoms with Crippen molar-refractivity contribution in [2.75, 3.05) is 44.2 Å². The molecule has 130 valence electrons. The zero-order valence-corrected chi connectivity index (χ0v) is 14.8. The second-order valence-electron chi connectivity index (χ2n) is 6.60. The molecule has 24 heavy (non-hydrogen) atoms. The maximum Gasteiger partial charge on any atom is 0.227 e. The van der Waals surface area contributed by atoms with Gasteiger partial charge in [0.2, 0.25) is 11.8 Å². The van der Waals surface area contributed by atoms with Gasteiger partial charge in [-0.3, -0.25) is 9.59 Å². The summed E-state index contributed by atoms with van der Waals surface area (Å²) in [7, 11) is 0. The summed E-state index contributed by atoms with van der Waals surface area (Å²) in [6, 6.07) is 7.84. The zero-order valence-electron chi connectivity index (χ0n) is 14.1. The smallest absolute Gasteiger partial charge is 0.227 e. The Morgan fingerprint density at radius 1 is 1.08 bits per heavy atom. The van der Waals surface area contributed by atoms with Gasteiger partial charge in [0.25, 0.3) is 0 Å². The van der Waals surface area contributed by atoms with Crippen molar-refractivity contribution in [1.29, 1.82) is 0 Å². The van der Waals surface area contributed by atoms with Crippen LogP contribution in [0.3, 0.4) is 0 Å². The van der Waals surface area contributed by atoms with E-state index in [-0.39, 0.29) is 17.7 Å². The summed E-state index contributed by atoms with van der Waals surface area (Å²) < 4.78 is 0. The second kappa shape index (κ2) is 7.43. The van der Waals surface area contributed by atoms with Crippen molar-refractivity contribution in [1.82, 2.24) is 9.80 Å². The van der Waals surface area contributed by atoms with Gasteiger partial charge in [0.1, 0.15) is 0 Å². The molecular formula is C18H24ClN3O2. The summed E-state index contributed by atoms with van der Waals surface area (Å²) in [6.45, 7) is 6.01. The number of likely N-dealkylation sites (tertiary alicyclic amines) is 1. The summed E-state index contributed by atoms with van der Waals surface area (Å²) in [4.78, 5) is 30.3. The van der Waals surface area contributed by atoms with Crippen molar-refractivity contribution >= 4 is 29.1 Å². The lowest BCUT2D eigenvalue weighted by molar-refractivity contribution is -0.140. The topological polar surface area (TPSA) is 43.9 Å². The number of benzene rings is 1. The molecule has 1 unspecified atom stereocenters. The lowest BCUT2D eigenvalue weighted by Crippen LogP contribution is -2.53. The Balaban J connectivity index is 1.56. The van der Waals surface area contributed by atoms with E-state index < -0.39 is 0 Å². The van der Waals surface area contributed by atoms with Crippen molar-refractivity contribution < 1.29 is 9.59 Å². The summed E-state index contributed by atoms with van der Waals surface area (Å²) in [6.07, 6.45) is 1.80. The summed E-state index contributed by atoms with van der Waals surface area (Å²) in [5.41, 5.74) is 1.11. The van der Waals surface area contributed by atoms with Gasteiger partial charge in [-0.25, -0.2) is 0 Å². The largest absolute Gasteiger partial charge is 0.368 e. The number of hydrogen-bond donors (Lipinski definition) is 0. The van der Waals surface area contributed by atoms with Gasteiger partial charge in [-0.2, -0.15) is 0 Å². The Hall–Kier alpha value is -1.75. The fourth-order valence-electron chi connectivity index (χ4n) is 3.58. The molecule has 2 aliphatic rings. The van der Waals surface area contributed by atoms with Crippen LogP contribution in [0.5, 0.6) is 0 Å². The van der Waals surface area contributed by atoms with E-state index in [9.17, 15) is 9.59 Å². The van der Waals surface area contributed by atoms with Crippen molar-refractivity contribution in [3.63, 3.8) is 0 Å². The van der Waals surface area contributed by atoms with Crippen molar-refractivity contribution in [3.05, 3.63) is 29.3 Å². The van der Waals surface area contributed by atoms with Gasteiger partial charge in [-0.1, -0.05) is 17.7 Å². The highest BCUT2D eigenvalue weighted by Crippen LogP contribution is 2.23. The predicted octanol–water partition coefficient (Wildman–Crippen LogP) is 2.25. The molecule has 2 amide bonds. The summed E-state index contributed by atoms with van der Waals surface area (Å²) in [5, 5.41) is 0.734. The lowest BCUT2D eigenvalue weighted by atomic mass is 9.96. The normalized spacial score (nSPS) is 21.8. The van der Waals surface area contributed by atoms with E-state index in [2.05, 4.69) is 11.0 Å². The molecule has 0 radical (unpaired) electrons. The molecule has 0 bridgehead atoms. The minimum Gasteiger partial charge on any atom is -0.368 e. The van der Waals surface area contributed by atoms with E-state index in [1.54, 1.807) is 11.8 Å². The highest BCUT2D eigenvalue weighted by atomic mass is 35.5. The van der Waals surface area contributed by atoms with E-state index in [0.717, 1.165) is 56.3 Å². The Morgan fingerprint density at radius 3 is 2.50 bits per heavy atom. The van der Waals surface area contributed by atoms with Crippen LogP contribution in [0.25, 0.3) is 0 Å². The van der Waals surface area contributed by atoms with Crippen LogP contribution in [0.2, 0.25) is 5.02 Å². The summed E-state index contributed by atoms with van der Waals surface area (Å²) >= 11 is 6.06. The molecule has 0 spiro atoms. The highest BCUT2D eigenvalue weighted by Gasteiger charge is 2.31. The molecule has 0 saturated carbocycles. The molecule has 1 aromatic rings. The van der Waals surface area contributed by atoms with Gasteiger partial charge in [-0.05, 0) is 31.0 Å². The van der Waals surface area contributed by atoms with Crippen LogP contribution in [0, 0.1) is 5.92 Å². The second-order valence-corrected chi connectivity index (χ2v) is 7.03. The first-order chi connectivity index (χ1) is 11.5. The van der Waals surface area contributed by atoms with Gasteiger partial charge < -0.3 is 14.7 Å². The van der Waals surface area contributed by atoms with Crippen LogP contribution in [0.1, 0.15) is 19.8 Å². The molecule has 5 nitrogen and oxygen atoms in total. The van der Waals surface area contributed by atoms with Gasteiger partial charge in [0.15, 0.2) is 0 Å². The molecule has 2 saturated heterocycles. The molecule has 2 fully saturated rings. The standard InChI is InChI=1S/C18H24ClN3O2/c1-14(23)22-7-3-4-15(13-22)18(24)21-10-8-20(9-11-21)17-6-2-5-16(19)12-17/h2,5-6,12,15H,3-4,7-11,13H2,1H3. The number of amides is 2. The minimum absolute atomic E-state index is 0.0413. The van der Waals surface area contributed by atoms with Crippen LogP contribution in [0.4, 0.5) is 5.69 Å². The van der Waals surface area contributed by atoms with E-state index in [0.29, 0.717) is 6.54 Å². The maximum atomic E-state index is 12.8. The third-order valence-corrected chi connectivity index (χ3v) is 5.22. The van der Waals surface area contributed by atoms with Crippen LogP contribution in [-0.2, 0) is 9.59 Å². The minimum atomic E-state index is -0.0413. The number of hydrogen-bond acceptors (Lipinski definition) is 3.